The molecule has 5 heteroatoms. The van der Waals surface area contributed by atoms with E-state index in [9.17, 15) is 4.79 Å². The molecule has 1 N–H and O–H groups in total. The predicted octanol–water partition coefficient (Wildman–Crippen LogP) is 2.85. The van der Waals surface area contributed by atoms with Crippen LogP contribution in [0, 0.1) is 13.8 Å². The third-order valence-electron chi connectivity index (χ3n) is 5.18. The maximum atomic E-state index is 12.7. The lowest BCUT2D eigenvalue weighted by molar-refractivity contribution is -0.120. The standard InChI is InChI=1S/C19H26N4O/c1-13-18(14(2)22(4)21-13)20-19(24)15(3)23-11-10-17(12-23)16-8-6-5-7-9-16/h5-9,15,17H,10-12H2,1-4H3,(H,20,24). The molecule has 2 atom stereocenters. The van der Waals surface area contributed by atoms with Crippen LogP contribution >= 0.6 is 0 Å². The average Bonchev–Trinajstić information content (AvgIpc) is 3.16. The van der Waals surface area contributed by atoms with Crippen molar-refractivity contribution in [2.75, 3.05) is 18.4 Å². The second-order valence-corrected chi connectivity index (χ2v) is 6.73. The molecule has 0 aliphatic carbocycles. The van der Waals surface area contributed by atoms with Gasteiger partial charge in [-0.05, 0) is 45.2 Å². The van der Waals surface area contributed by atoms with Crippen LogP contribution in [-0.4, -0.2) is 39.7 Å². The number of aromatic nitrogens is 2. The molecule has 0 radical (unpaired) electrons. The average molecular weight is 326 g/mol. The van der Waals surface area contributed by atoms with E-state index < -0.39 is 0 Å². The number of aryl methyl sites for hydroxylation is 2. The molecule has 0 bridgehead atoms. The first-order valence-corrected chi connectivity index (χ1v) is 8.57. The maximum absolute atomic E-state index is 12.7. The van der Waals surface area contributed by atoms with Gasteiger partial charge in [0.25, 0.3) is 0 Å². The van der Waals surface area contributed by atoms with Crippen LogP contribution in [0.5, 0.6) is 0 Å². The van der Waals surface area contributed by atoms with Gasteiger partial charge in [0.05, 0.1) is 23.1 Å². The molecule has 24 heavy (non-hydrogen) atoms. The lowest BCUT2D eigenvalue weighted by Gasteiger charge is -2.23. The smallest absolute Gasteiger partial charge is 0.241 e. The van der Waals surface area contributed by atoms with Crippen LogP contribution in [0.1, 0.15) is 36.2 Å². The summed E-state index contributed by atoms with van der Waals surface area (Å²) in [5.74, 6) is 0.561. The Bertz CT molecular complexity index is 722. The van der Waals surface area contributed by atoms with Gasteiger partial charge in [0, 0.05) is 13.6 Å². The van der Waals surface area contributed by atoms with E-state index >= 15 is 0 Å². The molecule has 1 aliphatic heterocycles. The number of likely N-dealkylation sites (tertiary alicyclic amines) is 1. The summed E-state index contributed by atoms with van der Waals surface area (Å²) in [4.78, 5) is 14.9. The van der Waals surface area contributed by atoms with Gasteiger partial charge in [0.1, 0.15) is 0 Å². The zero-order chi connectivity index (χ0) is 17.3. The number of nitrogens with zero attached hydrogens (tertiary/aromatic N) is 3. The summed E-state index contributed by atoms with van der Waals surface area (Å²) < 4.78 is 1.80. The van der Waals surface area contributed by atoms with E-state index in [1.54, 1.807) is 4.68 Å². The number of benzene rings is 1. The van der Waals surface area contributed by atoms with Crippen molar-refractivity contribution in [3.63, 3.8) is 0 Å². The van der Waals surface area contributed by atoms with Gasteiger partial charge >= 0.3 is 0 Å². The van der Waals surface area contributed by atoms with Crippen LogP contribution in [-0.2, 0) is 11.8 Å². The third-order valence-corrected chi connectivity index (χ3v) is 5.18. The molecule has 2 unspecified atom stereocenters. The summed E-state index contributed by atoms with van der Waals surface area (Å²) in [6.45, 7) is 7.78. The molecule has 2 heterocycles. The summed E-state index contributed by atoms with van der Waals surface area (Å²) in [5.41, 5.74) is 4.05. The molecular formula is C19H26N4O. The number of rotatable bonds is 4. The lowest BCUT2D eigenvalue weighted by atomic mass is 9.99. The van der Waals surface area contributed by atoms with Crippen LogP contribution in [0.4, 0.5) is 5.69 Å². The minimum atomic E-state index is -0.141. The summed E-state index contributed by atoms with van der Waals surface area (Å²) in [6, 6.07) is 10.4. The van der Waals surface area contributed by atoms with Crippen LogP contribution in [0.15, 0.2) is 30.3 Å². The molecule has 1 aliphatic rings. The Morgan fingerprint density at radius 2 is 2.00 bits per heavy atom. The molecular weight excluding hydrogens is 300 g/mol. The van der Waals surface area contributed by atoms with Crippen molar-refractivity contribution in [1.29, 1.82) is 0 Å². The van der Waals surface area contributed by atoms with Gasteiger partial charge in [-0.2, -0.15) is 5.10 Å². The van der Waals surface area contributed by atoms with E-state index in [2.05, 4.69) is 39.6 Å². The first-order valence-electron chi connectivity index (χ1n) is 8.57. The van der Waals surface area contributed by atoms with Crippen molar-refractivity contribution in [2.45, 2.75) is 39.2 Å². The molecule has 5 nitrogen and oxygen atoms in total. The van der Waals surface area contributed by atoms with Crippen LogP contribution in [0.3, 0.4) is 0 Å². The van der Waals surface area contributed by atoms with Crippen molar-refractivity contribution < 1.29 is 4.79 Å². The second kappa shape index (κ2) is 6.77. The number of nitrogens with one attached hydrogen (secondary N) is 1. The molecule has 1 saturated heterocycles. The Hall–Kier alpha value is -2.14. The molecule has 0 saturated carbocycles. The highest BCUT2D eigenvalue weighted by atomic mass is 16.2. The first-order chi connectivity index (χ1) is 11.5. The van der Waals surface area contributed by atoms with Gasteiger partial charge in [0.2, 0.25) is 5.91 Å². The number of hydrogen-bond donors (Lipinski definition) is 1. The highest BCUT2D eigenvalue weighted by Crippen LogP contribution is 2.28. The fourth-order valence-electron chi connectivity index (χ4n) is 3.48. The molecule has 1 aromatic heterocycles. The van der Waals surface area contributed by atoms with Crippen LogP contribution in [0.25, 0.3) is 0 Å². The van der Waals surface area contributed by atoms with Gasteiger partial charge in [-0.15, -0.1) is 0 Å². The fourth-order valence-corrected chi connectivity index (χ4v) is 3.48. The van der Waals surface area contributed by atoms with Crippen molar-refractivity contribution in [3.8, 4) is 0 Å². The van der Waals surface area contributed by atoms with Crippen LogP contribution < -0.4 is 5.32 Å². The predicted molar refractivity (Wildman–Crippen MR) is 96.1 cm³/mol. The van der Waals surface area contributed by atoms with Gasteiger partial charge in [-0.1, -0.05) is 30.3 Å². The third kappa shape index (κ3) is 3.22. The Morgan fingerprint density at radius 1 is 1.29 bits per heavy atom. The van der Waals surface area contributed by atoms with E-state index in [0.717, 1.165) is 36.6 Å². The second-order valence-electron chi connectivity index (χ2n) is 6.73. The lowest BCUT2D eigenvalue weighted by Crippen LogP contribution is -2.40. The number of amides is 1. The van der Waals surface area contributed by atoms with Gasteiger partial charge in [-0.3, -0.25) is 14.4 Å². The van der Waals surface area contributed by atoms with Crippen molar-refractivity contribution in [2.24, 2.45) is 7.05 Å². The Labute approximate surface area is 143 Å². The fraction of sp³-hybridized carbons (Fsp3) is 0.474. The number of carbonyl (C=O) groups is 1. The topological polar surface area (TPSA) is 50.2 Å². The molecule has 0 spiro atoms. The van der Waals surface area contributed by atoms with Crippen molar-refractivity contribution >= 4 is 11.6 Å². The number of anilines is 1. The van der Waals surface area contributed by atoms with Crippen molar-refractivity contribution in [1.82, 2.24) is 14.7 Å². The zero-order valence-electron chi connectivity index (χ0n) is 14.9. The minimum absolute atomic E-state index is 0.0444. The van der Waals surface area contributed by atoms with Crippen molar-refractivity contribution in [3.05, 3.63) is 47.3 Å². The zero-order valence-corrected chi connectivity index (χ0v) is 14.9. The maximum Gasteiger partial charge on any atom is 0.241 e. The van der Waals surface area contributed by atoms with Crippen LogP contribution in [0.2, 0.25) is 0 Å². The Balaban J connectivity index is 1.64. The quantitative estimate of drug-likeness (QED) is 0.940. The van der Waals surface area contributed by atoms with E-state index in [0.29, 0.717) is 5.92 Å². The summed E-state index contributed by atoms with van der Waals surface area (Å²) >= 11 is 0. The Kier molecular flexibility index (Phi) is 4.71. The first kappa shape index (κ1) is 16.7. The molecule has 1 fully saturated rings. The van der Waals surface area contributed by atoms with E-state index in [1.165, 1.54) is 5.56 Å². The number of carbonyl (C=O) groups excluding carboxylic acids is 1. The van der Waals surface area contributed by atoms with E-state index in [-0.39, 0.29) is 11.9 Å². The van der Waals surface area contributed by atoms with Gasteiger partial charge in [0.15, 0.2) is 0 Å². The largest absolute Gasteiger partial charge is 0.322 e. The highest BCUT2D eigenvalue weighted by molar-refractivity contribution is 5.95. The SMILES string of the molecule is Cc1nn(C)c(C)c1NC(=O)C(C)N1CCC(c2ccccc2)C1. The van der Waals surface area contributed by atoms with Gasteiger partial charge < -0.3 is 5.32 Å². The van der Waals surface area contributed by atoms with E-state index in [4.69, 9.17) is 0 Å². The summed E-state index contributed by atoms with van der Waals surface area (Å²) in [6.07, 6.45) is 1.10. The number of hydrogen-bond acceptors (Lipinski definition) is 3. The molecule has 128 valence electrons. The monoisotopic (exact) mass is 326 g/mol. The van der Waals surface area contributed by atoms with Gasteiger partial charge in [-0.25, -0.2) is 0 Å². The van der Waals surface area contributed by atoms with E-state index in [1.807, 2.05) is 33.9 Å². The molecule has 1 amide bonds. The molecule has 1 aromatic carbocycles. The summed E-state index contributed by atoms with van der Waals surface area (Å²) in [7, 11) is 1.90. The Morgan fingerprint density at radius 3 is 2.62 bits per heavy atom. The normalized spacial score (nSPS) is 19.4. The minimum Gasteiger partial charge on any atom is -0.322 e. The highest BCUT2D eigenvalue weighted by Gasteiger charge is 2.30. The summed E-state index contributed by atoms with van der Waals surface area (Å²) in [5, 5.41) is 7.43. The molecule has 3 rings (SSSR count). The molecule has 2 aromatic rings.